The van der Waals surface area contributed by atoms with Crippen molar-refractivity contribution in [2.45, 2.75) is 32.1 Å². The number of nitrogens with zero attached hydrogens (tertiary/aromatic N) is 4. The predicted octanol–water partition coefficient (Wildman–Crippen LogP) is 2.91. The zero-order chi connectivity index (χ0) is 28.5. The Morgan fingerprint density at radius 3 is 2.29 bits per heavy atom. The highest BCUT2D eigenvalue weighted by molar-refractivity contribution is 5.78. The van der Waals surface area contributed by atoms with E-state index in [1.54, 1.807) is 0 Å². The van der Waals surface area contributed by atoms with Crippen molar-refractivity contribution in [3.05, 3.63) is 65.7 Å². The van der Waals surface area contributed by atoms with Crippen LogP contribution >= 0.6 is 0 Å². The van der Waals surface area contributed by atoms with Gasteiger partial charge in [-0.1, -0.05) is 42.5 Å². The third-order valence-corrected chi connectivity index (χ3v) is 6.58. The standard InChI is InChI=1S/C30H42N8O3/c31-14-19-40-21-22-41-20-16-32-27(39)23-25-9-11-26(12-10-25)34-29-35-28(33-15-13-24-7-3-1-4-8-24)36-30(37-29)38-17-5-2-6-18-38/h1,3-4,7-12H,2,5-6,13-23,31H2,(H,32,39)(H2,33,34,35,36,37). The smallest absolute Gasteiger partial charge is 0.233 e. The monoisotopic (exact) mass is 562 g/mol. The lowest BCUT2D eigenvalue weighted by Crippen LogP contribution is -2.31. The molecule has 5 N–H and O–H groups in total. The summed E-state index contributed by atoms with van der Waals surface area (Å²) in [6.07, 6.45) is 4.67. The molecule has 0 aliphatic carbocycles. The first-order valence-electron chi connectivity index (χ1n) is 14.5. The molecule has 0 radical (unpaired) electrons. The highest BCUT2D eigenvalue weighted by Gasteiger charge is 2.16. The molecule has 220 valence electrons. The van der Waals surface area contributed by atoms with Crippen LogP contribution in [0.4, 0.5) is 23.5 Å². The first kappa shape index (κ1) is 30.2. The maximum Gasteiger partial charge on any atom is 0.233 e. The van der Waals surface area contributed by atoms with Crippen LogP contribution in [0.1, 0.15) is 30.4 Å². The summed E-state index contributed by atoms with van der Waals surface area (Å²) in [4.78, 5) is 28.6. The minimum Gasteiger partial charge on any atom is -0.378 e. The lowest BCUT2D eigenvalue weighted by atomic mass is 10.1. The van der Waals surface area contributed by atoms with Crippen molar-refractivity contribution in [2.75, 3.05) is 74.7 Å². The molecule has 1 saturated heterocycles. The summed E-state index contributed by atoms with van der Waals surface area (Å²) in [7, 11) is 0. The lowest BCUT2D eigenvalue weighted by Gasteiger charge is -2.27. The number of carbonyl (C=O) groups excluding carboxylic acids is 1. The van der Waals surface area contributed by atoms with E-state index in [1.165, 1.54) is 12.0 Å². The van der Waals surface area contributed by atoms with Gasteiger partial charge in [0.2, 0.25) is 23.8 Å². The highest BCUT2D eigenvalue weighted by Crippen LogP contribution is 2.21. The molecule has 1 aliphatic heterocycles. The minimum absolute atomic E-state index is 0.0523. The van der Waals surface area contributed by atoms with E-state index in [2.05, 4.69) is 38.0 Å². The number of amides is 1. The minimum atomic E-state index is -0.0523. The molecule has 1 aromatic heterocycles. The van der Waals surface area contributed by atoms with E-state index in [4.69, 9.17) is 25.2 Å². The van der Waals surface area contributed by atoms with Crippen LogP contribution in [0.5, 0.6) is 0 Å². The summed E-state index contributed by atoms with van der Waals surface area (Å²) in [5, 5.41) is 9.57. The Bertz CT molecular complexity index is 1170. The molecule has 0 unspecified atom stereocenters. The molecule has 1 fully saturated rings. The Hall–Kier alpha value is -3.80. The van der Waals surface area contributed by atoms with Crippen molar-refractivity contribution in [2.24, 2.45) is 5.73 Å². The van der Waals surface area contributed by atoms with Crippen LogP contribution < -0.4 is 26.6 Å². The van der Waals surface area contributed by atoms with Gasteiger partial charge >= 0.3 is 0 Å². The van der Waals surface area contributed by atoms with Gasteiger partial charge in [-0.25, -0.2) is 0 Å². The van der Waals surface area contributed by atoms with Crippen molar-refractivity contribution < 1.29 is 14.3 Å². The first-order valence-corrected chi connectivity index (χ1v) is 14.5. The Morgan fingerprint density at radius 2 is 1.54 bits per heavy atom. The Labute approximate surface area is 242 Å². The zero-order valence-corrected chi connectivity index (χ0v) is 23.7. The van der Waals surface area contributed by atoms with Gasteiger partial charge in [0.25, 0.3) is 0 Å². The molecule has 2 heterocycles. The predicted molar refractivity (Wildman–Crippen MR) is 162 cm³/mol. The van der Waals surface area contributed by atoms with E-state index in [-0.39, 0.29) is 5.91 Å². The molecule has 1 amide bonds. The summed E-state index contributed by atoms with van der Waals surface area (Å²) in [6, 6.07) is 18.1. The Morgan fingerprint density at radius 1 is 0.805 bits per heavy atom. The van der Waals surface area contributed by atoms with Crippen LogP contribution in [0.3, 0.4) is 0 Å². The molecule has 0 saturated carbocycles. The summed E-state index contributed by atoms with van der Waals surface area (Å²) < 4.78 is 10.7. The summed E-state index contributed by atoms with van der Waals surface area (Å²) in [6.45, 7) is 5.51. The van der Waals surface area contributed by atoms with Crippen LogP contribution in [0.2, 0.25) is 0 Å². The number of piperidine rings is 1. The number of nitrogens with one attached hydrogen (secondary N) is 3. The van der Waals surface area contributed by atoms with Gasteiger partial charge in [-0.05, 0) is 48.9 Å². The number of ether oxygens (including phenoxy) is 2. The number of carbonyl (C=O) groups is 1. The number of hydrogen-bond acceptors (Lipinski definition) is 10. The van der Waals surface area contributed by atoms with Crippen LogP contribution in [0.25, 0.3) is 0 Å². The second-order valence-corrected chi connectivity index (χ2v) is 9.85. The molecule has 11 heteroatoms. The first-order chi connectivity index (χ1) is 20.2. The SMILES string of the molecule is NCCOCCOCCNC(=O)Cc1ccc(Nc2nc(NCCc3ccccc3)nc(N3CCCCC3)n2)cc1. The molecule has 3 aromatic rings. The Kier molecular flexibility index (Phi) is 12.6. The van der Waals surface area contributed by atoms with Gasteiger partial charge in [-0.2, -0.15) is 15.0 Å². The fraction of sp³-hybridized carbons (Fsp3) is 0.467. The molecule has 11 nitrogen and oxygen atoms in total. The van der Waals surface area contributed by atoms with Crippen molar-refractivity contribution in [1.82, 2.24) is 20.3 Å². The number of aromatic nitrogens is 3. The van der Waals surface area contributed by atoms with Gasteiger partial charge in [0.05, 0.1) is 32.8 Å². The van der Waals surface area contributed by atoms with E-state index in [1.807, 2.05) is 42.5 Å². The van der Waals surface area contributed by atoms with E-state index < -0.39 is 0 Å². The molecule has 4 rings (SSSR count). The maximum atomic E-state index is 12.3. The molecule has 1 aliphatic rings. The zero-order valence-electron chi connectivity index (χ0n) is 23.7. The van der Waals surface area contributed by atoms with Gasteiger partial charge in [-0.15, -0.1) is 0 Å². The largest absolute Gasteiger partial charge is 0.378 e. The number of hydrogen-bond donors (Lipinski definition) is 4. The molecule has 2 aromatic carbocycles. The molecule has 0 spiro atoms. The molecule has 41 heavy (non-hydrogen) atoms. The quantitative estimate of drug-likeness (QED) is 0.182. The second kappa shape index (κ2) is 17.1. The van der Waals surface area contributed by atoms with Gasteiger partial charge in [0.15, 0.2) is 0 Å². The summed E-state index contributed by atoms with van der Waals surface area (Å²) in [5.41, 5.74) is 8.38. The van der Waals surface area contributed by atoms with Crippen molar-refractivity contribution >= 4 is 29.4 Å². The highest BCUT2D eigenvalue weighted by atomic mass is 16.5. The van der Waals surface area contributed by atoms with E-state index in [0.717, 1.165) is 50.1 Å². The normalized spacial score (nSPS) is 13.1. The fourth-order valence-corrected chi connectivity index (χ4v) is 4.45. The summed E-state index contributed by atoms with van der Waals surface area (Å²) in [5.74, 6) is 1.68. The number of benzene rings is 2. The number of nitrogens with two attached hydrogens (primary N) is 1. The average molecular weight is 563 g/mol. The van der Waals surface area contributed by atoms with Gasteiger partial charge in [0.1, 0.15) is 0 Å². The second-order valence-electron chi connectivity index (χ2n) is 9.85. The van der Waals surface area contributed by atoms with Crippen LogP contribution in [-0.2, 0) is 27.1 Å². The summed E-state index contributed by atoms with van der Waals surface area (Å²) >= 11 is 0. The van der Waals surface area contributed by atoms with E-state index >= 15 is 0 Å². The van der Waals surface area contributed by atoms with E-state index in [0.29, 0.717) is 63.8 Å². The van der Waals surface area contributed by atoms with Crippen molar-refractivity contribution in [1.29, 1.82) is 0 Å². The topological polar surface area (TPSA) is 140 Å². The number of rotatable bonds is 17. The molecule has 0 atom stereocenters. The lowest BCUT2D eigenvalue weighted by molar-refractivity contribution is -0.120. The van der Waals surface area contributed by atoms with Gasteiger partial charge < -0.3 is 36.1 Å². The Balaban J connectivity index is 1.29. The molecular weight excluding hydrogens is 520 g/mol. The van der Waals surface area contributed by atoms with Crippen molar-refractivity contribution in [3.63, 3.8) is 0 Å². The molecule has 0 bridgehead atoms. The third-order valence-electron chi connectivity index (χ3n) is 6.58. The number of anilines is 4. The maximum absolute atomic E-state index is 12.3. The van der Waals surface area contributed by atoms with Gasteiger partial charge in [-0.3, -0.25) is 4.79 Å². The van der Waals surface area contributed by atoms with Crippen LogP contribution in [0.15, 0.2) is 54.6 Å². The van der Waals surface area contributed by atoms with Crippen LogP contribution in [-0.4, -0.2) is 80.0 Å². The van der Waals surface area contributed by atoms with Crippen molar-refractivity contribution in [3.8, 4) is 0 Å². The molecular formula is C30H42N8O3. The van der Waals surface area contributed by atoms with Crippen LogP contribution in [0, 0.1) is 0 Å². The average Bonchev–Trinajstić information content (AvgIpc) is 3.00. The van der Waals surface area contributed by atoms with Gasteiger partial charge in [0, 0.05) is 38.4 Å². The third kappa shape index (κ3) is 10.9. The fourth-order valence-electron chi connectivity index (χ4n) is 4.45. The van der Waals surface area contributed by atoms with E-state index in [9.17, 15) is 4.79 Å².